The number of alkyl halides is 3. The van der Waals surface area contributed by atoms with E-state index in [4.69, 9.17) is 4.74 Å². The van der Waals surface area contributed by atoms with Crippen molar-refractivity contribution < 1.29 is 41.7 Å². The highest BCUT2D eigenvalue weighted by molar-refractivity contribution is 5.96. The minimum atomic E-state index is -4.83. The van der Waals surface area contributed by atoms with E-state index < -0.39 is 35.8 Å². The molecule has 0 radical (unpaired) electrons. The molecule has 6 nitrogen and oxygen atoms in total. The minimum Gasteiger partial charge on any atom is -0.480 e. The van der Waals surface area contributed by atoms with Crippen LogP contribution >= 0.6 is 0 Å². The standard InChI is InChI=1S/C23H17F4NO5/c24-16-5-11-18(12-6-16)32-17-9-3-15(4-10-17)21(29)28-20(22(30)31)13-14-1-7-19(8-2-14)33-23(25,26)27/h1-12,20H,13H2,(H,28,29)(H,30,31)/t20-/m0/s1. The predicted octanol–water partition coefficient (Wildman–Crippen LogP) is 4.94. The molecule has 0 saturated carbocycles. The van der Waals surface area contributed by atoms with E-state index in [1.165, 1.54) is 60.7 Å². The van der Waals surface area contributed by atoms with Crippen molar-refractivity contribution in [2.75, 3.05) is 0 Å². The molecule has 10 heteroatoms. The number of amides is 1. The van der Waals surface area contributed by atoms with E-state index in [1.807, 2.05) is 0 Å². The third-order valence-electron chi connectivity index (χ3n) is 4.37. The van der Waals surface area contributed by atoms with E-state index in [0.717, 1.165) is 12.1 Å². The maximum absolute atomic E-state index is 13.0. The maximum Gasteiger partial charge on any atom is 0.573 e. The molecule has 0 aliphatic heterocycles. The Kier molecular flexibility index (Phi) is 7.17. The highest BCUT2D eigenvalue weighted by Gasteiger charge is 2.31. The molecule has 0 aliphatic rings. The topological polar surface area (TPSA) is 84.9 Å². The molecule has 3 aromatic rings. The minimum absolute atomic E-state index is 0.154. The van der Waals surface area contributed by atoms with Crippen LogP contribution in [0.1, 0.15) is 15.9 Å². The molecule has 0 bridgehead atoms. The number of carbonyl (C=O) groups is 2. The van der Waals surface area contributed by atoms with Gasteiger partial charge in [-0.3, -0.25) is 4.79 Å². The number of halogens is 4. The van der Waals surface area contributed by atoms with Crippen LogP contribution in [0.2, 0.25) is 0 Å². The van der Waals surface area contributed by atoms with Crippen LogP contribution in [0, 0.1) is 5.82 Å². The summed E-state index contributed by atoms with van der Waals surface area (Å²) in [5.41, 5.74) is 0.557. The van der Waals surface area contributed by atoms with Crippen molar-refractivity contribution in [2.45, 2.75) is 18.8 Å². The van der Waals surface area contributed by atoms with E-state index in [0.29, 0.717) is 17.1 Å². The van der Waals surface area contributed by atoms with Gasteiger partial charge in [0.15, 0.2) is 0 Å². The molecule has 0 fully saturated rings. The van der Waals surface area contributed by atoms with E-state index >= 15 is 0 Å². The van der Waals surface area contributed by atoms with Crippen LogP contribution in [0.5, 0.6) is 17.2 Å². The highest BCUT2D eigenvalue weighted by atomic mass is 19.4. The molecule has 3 rings (SSSR count). The Labute approximate surface area is 185 Å². The van der Waals surface area contributed by atoms with Gasteiger partial charge in [-0.1, -0.05) is 12.1 Å². The van der Waals surface area contributed by atoms with E-state index in [2.05, 4.69) is 10.1 Å². The maximum atomic E-state index is 13.0. The lowest BCUT2D eigenvalue weighted by Gasteiger charge is -2.15. The Morgan fingerprint density at radius 2 is 1.36 bits per heavy atom. The van der Waals surface area contributed by atoms with Crippen LogP contribution in [0.15, 0.2) is 72.8 Å². The molecule has 0 heterocycles. The number of benzene rings is 3. The first-order valence-corrected chi connectivity index (χ1v) is 9.51. The van der Waals surface area contributed by atoms with Crippen LogP contribution in [0.25, 0.3) is 0 Å². The van der Waals surface area contributed by atoms with Gasteiger partial charge in [-0.05, 0) is 66.2 Å². The molecule has 0 spiro atoms. The van der Waals surface area contributed by atoms with Crippen molar-refractivity contribution in [2.24, 2.45) is 0 Å². The fraction of sp³-hybridized carbons (Fsp3) is 0.130. The van der Waals surface area contributed by atoms with Gasteiger partial charge in [-0.15, -0.1) is 13.2 Å². The number of carboxylic acid groups (broad SMARTS) is 1. The molecule has 3 aromatic carbocycles. The summed E-state index contributed by atoms with van der Waals surface area (Å²) in [7, 11) is 0. The van der Waals surface area contributed by atoms with Crippen molar-refractivity contribution in [3.05, 3.63) is 89.7 Å². The van der Waals surface area contributed by atoms with Gasteiger partial charge >= 0.3 is 12.3 Å². The Bertz CT molecular complexity index is 1100. The SMILES string of the molecule is O=C(N[C@@H](Cc1ccc(OC(F)(F)F)cc1)C(=O)O)c1ccc(Oc2ccc(F)cc2)cc1. The molecule has 1 atom stereocenters. The Morgan fingerprint density at radius 3 is 1.88 bits per heavy atom. The van der Waals surface area contributed by atoms with Crippen LogP contribution < -0.4 is 14.8 Å². The van der Waals surface area contributed by atoms with Gasteiger partial charge in [-0.2, -0.15) is 0 Å². The van der Waals surface area contributed by atoms with Crippen LogP contribution in [0.3, 0.4) is 0 Å². The zero-order valence-electron chi connectivity index (χ0n) is 16.8. The smallest absolute Gasteiger partial charge is 0.480 e. The molecule has 172 valence electrons. The second-order valence-electron chi connectivity index (χ2n) is 6.84. The Balaban J connectivity index is 1.61. The van der Waals surface area contributed by atoms with Crippen molar-refractivity contribution in [3.63, 3.8) is 0 Å². The average molecular weight is 463 g/mol. The monoisotopic (exact) mass is 463 g/mol. The van der Waals surface area contributed by atoms with E-state index in [9.17, 15) is 32.3 Å². The predicted molar refractivity (Wildman–Crippen MR) is 109 cm³/mol. The van der Waals surface area contributed by atoms with Crippen molar-refractivity contribution >= 4 is 11.9 Å². The van der Waals surface area contributed by atoms with Gasteiger partial charge in [0.05, 0.1) is 0 Å². The summed E-state index contributed by atoms with van der Waals surface area (Å²) < 4.78 is 59.0. The number of carboxylic acids is 1. The van der Waals surface area contributed by atoms with Gasteiger partial charge in [0.25, 0.3) is 5.91 Å². The Morgan fingerprint density at radius 1 is 0.848 bits per heavy atom. The number of hydrogen-bond acceptors (Lipinski definition) is 4. The second-order valence-corrected chi connectivity index (χ2v) is 6.84. The largest absolute Gasteiger partial charge is 0.573 e. The van der Waals surface area contributed by atoms with Crippen molar-refractivity contribution in [3.8, 4) is 17.2 Å². The van der Waals surface area contributed by atoms with Gasteiger partial charge in [0.2, 0.25) is 0 Å². The van der Waals surface area contributed by atoms with E-state index in [1.54, 1.807) is 0 Å². The van der Waals surface area contributed by atoms with Gasteiger partial charge < -0.3 is 19.9 Å². The average Bonchev–Trinajstić information content (AvgIpc) is 2.75. The quantitative estimate of drug-likeness (QED) is 0.462. The van der Waals surface area contributed by atoms with Crippen LogP contribution in [-0.2, 0) is 11.2 Å². The third-order valence-corrected chi connectivity index (χ3v) is 4.37. The zero-order chi connectivity index (χ0) is 24.0. The lowest BCUT2D eigenvalue weighted by molar-refractivity contribution is -0.274. The number of carbonyl (C=O) groups excluding carboxylic acids is 1. The molecular weight excluding hydrogens is 446 g/mol. The summed E-state index contributed by atoms with van der Waals surface area (Å²) in [4.78, 5) is 24.0. The number of ether oxygens (including phenoxy) is 2. The summed E-state index contributed by atoms with van der Waals surface area (Å²) in [6.07, 6.45) is -4.99. The molecule has 1 amide bonds. The zero-order valence-corrected chi connectivity index (χ0v) is 16.8. The number of hydrogen-bond donors (Lipinski definition) is 2. The number of nitrogens with one attached hydrogen (secondary N) is 1. The summed E-state index contributed by atoms with van der Waals surface area (Å²) in [5.74, 6) is -2.04. The first-order chi connectivity index (χ1) is 15.6. The number of rotatable bonds is 8. The lowest BCUT2D eigenvalue weighted by atomic mass is 10.1. The highest BCUT2D eigenvalue weighted by Crippen LogP contribution is 2.24. The van der Waals surface area contributed by atoms with Crippen LogP contribution in [0.4, 0.5) is 17.6 Å². The molecule has 0 aromatic heterocycles. The summed E-state index contributed by atoms with van der Waals surface area (Å²) in [6.45, 7) is 0. The van der Waals surface area contributed by atoms with Gasteiger partial charge in [0.1, 0.15) is 29.1 Å². The molecular formula is C23H17F4NO5. The summed E-state index contributed by atoms with van der Waals surface area (Å²) in [5, 5.41) is 11.8. The summed E-state index contributed by atoms with van der Waals surface area (Å²) in [6, 6.07) is 14.6. The fourth-order valence-corrected chi connectivity index (χ4v) is 2.82. The van der Waals surface area contributed by atoms with Gasteiger partial charge in [0, 0.05) is 12.0 Å². The molecule has 0 aliphatic carbocycles. The normalized spacial score (nSPS) is 12.0. The molecule has 0 unspecified atom stereocenters. The molecule has 33 heavy (non-hydrogen) atoms. The lowest BCUT2D eigenvalue weighted by Crippen LogP contribution is -2.42. The molecule has 2 N–H and O–H groups in total. The van der Waals surface area contributed by atoms with E-state index in [-0.39, 0.29) is 12.0 Å². The first kappa shape index (κ1) is 23.6. The molecule has 0 saturated heterocycles. The number of aliphatic carboxylic acids is 1. The fourth-order valence-electron chi connectivity index (χ4n) is 2.82. The van der Waals surface area contributed by atoms with Crippen molar-refractivity contribution in [1.82, 2.24) is 5.32 Å². The van der Waals surface area contributed by atoms with Crippen molar-refractivity contribution in [1.29, 1.82) is 0 Å². The van der Waals surface area contributed by atoms with Gasteiger partial charge in [-0.25, -0.2) is 9.18 Å². The Hall–Kier alpha value is -4.08. The first-order valence-electron chi connectivity index (χ1n) is 9.51. The summed E-state index contributed by atoms with van der Waals surface area (Å²) >= 11 is 0. The second kappa shape index (κ2) is 10.0. The third kappa shape index (κ3) is 7.23. The van der Waals surface area contributed by atoms with Crippen LogP contribution in [-0.4, -0.2) is 29.4 Å².